The number of rotatable bonds is 6. The van der Waals surface area contributed by atoms with Crippen LogP contribution >= 0.6 is 0 Å². The van der Waals surface area contributed by atoms with Gasteiger partial charge in [0.1, 0.15) is 11.4 Å². The van der Waals surface area contributed by atoms with Crippen molar-refractivity contribution in [2.75, 3.05) is 34.4 Å². The smallest absolute Gasteiger partial charge is 0.257 e. The van der Waals surface area contributed by atoms with E-state index in [4.69, 9.17) is 14.2 Å². The lowest BCUT2D eigenvalue weighted by Gasteiger charge is -2.36. The highest BCUT2D eigenvalue weighted by molar-refractivity contribution is 5.97. The first-order chi connectivity index (χ1) is 14.5. The zero-order chi connectivity index (χ0) is 21.3. The third-order valence-corrected chi connectivity index (χ3v) is 6.32. The van der Waals surface area contributed by atoms with Crippen LogP contribution in [-0.4, -0.2) is 71.3 Å². The Morgan fingerprint density at radius 2 is 1.97 bits per heavy atom. The highest BCUT2D eigenvalue weighted by Crippen LogP contribution is 2.42. The molecular weight excluding hydrogens is 386 g/mol. The van der Waals surface area contributed by atoms with E-state index in [1.165, 1.54) is 0 Å². The van der Waals surface area contributed by atoms with Crippen molar-refractivity contribution in [3.05, 3.63) is 35.4 Å². The van der Waals surface area contributed by atoms with Crippen LogP contribution in [0.25, 0.3) is 0 Å². The number of hydrogen-bond donors (Lipinski definition) is 0. The van der Waals surface area contributed by atoms with Gasteiger partial charge in [0.25, 0.3) is 5.91 Å². The van der Waals surface area contributed by atoms with Crippen LogP contribution in [0.15, 0.2) is 18.5 Å². The molecule has 4 atom stereocenters. The molecule has 1 aliphatic heterocycles. The Hall–Kier alpha value is -2.52. The number of likely N-dealkylation sites (tertiary alicyclic amines) is 1. The molecule has 3 heterocycles. The topological polar surface area (TPSA) is 91.6 Å². The number of nitrogens with zero attached hydrogens (tertiary/aromatic N) is 5. The number of pyridine rings is 1. The van der Waals surface area contributed by atoms with Gasteiger partial charge in [-0.1, -0.05) is 5.21 Å². The fourth-order valence-corrected chi connectivity index (χ4v) is 4.82. The quantitative estimate of drug-likeness (QED) is 0.711. The molecule has 162 valence electrons. The lowest BCUT2D eigenvalue weighted by Crippen LogP contribution is -2.37. The molecule has 2 aromatic rings. The zero-order valence-corrected chi connectivity index (χ0v) is 17.9. The molecule has 1 aliphatic carbocycles. The largest absolute Gasteiger partial charge is 0.494 e. The van der Waals surface area contributed by atoms with E-state index in [-0.39, 0.29) is 18.1 Å². The monoisotopic (exact) mass is 415 g/mol. The van der Waals surface area contributed by atoms with Crippen LogP contribution in [0.1, 0.15) is 40.6 Å². The Balaban J connectivity index is 1.51. The Morgan fingerprint density at radius 3 is 2.67 bits per heavy atom. The summed E-state index contributed by atoms with van der Waals surface area (Å²) in [6.07, 6.45) is 5.38. The molecular formula is C21H29N5O4. The van der Waals surface area contributed by atoms with E-state index in [1.54, 1.807) is 33.6 Å². The second-order valence-electron chi connectivity index (χ2n) is 8.19. The Kier molecular flexibility index (Phi) is 6.01. The van der Waals surface area contributed by atoms with Crippen molar-refractivity contribution >= 4 is 5.91 Å². The summed E-state index contributed by atoms with van der Waals surface area (Å²) in [4.78, 5) is 19.4. The van der Waals surface area contributed by atoms with E-state index in [0.29, 0.717) is 29.8 Å². The number of amides is 1. The maximum atomic E-state index is 13.2. The summed E-state index contributed by atoms with van der Waals surface area (Å²) in [7, 11) is 4.95. The van der Waals surface area contributed by atoms with Crippen LogP contribution in [0.2, 0.25) is 0 Å². The van der Waals surface area contributed by atoms with Crippen LogP contribution in [0, 0.1) is 18.8 Å². The third-order valence-electron chi connectivity index (χ3n) is 6.32. The molecule has 9 nitrogen and oxygen atoms in total. The van der Waals surface area contributed by atoms with E-state index in [9.17, 15) is 4.79 Å². The van der Waals surface area contributed by atoms with Gasteiger partial charge in [-0.15, -0.1) is 5.10 Å². The fourth-order valence-electron chi connectivity index (χ4n) is 4.82. The predicted molar refractivity (Wildman–Crippen MR) is 108 cm³/mol. The maximum Gasteiger partial charge on any atom is 0.257 e. The molecule has 30 heavy (non-hydrogen) atoms. The first kappa shape index (κ1) is 20.7. The normalized spacial score (nSPS) is 25.9. The van der Waals surface area contributed by atoms with Crippen LogP contribution < -0.4 is 4.74 Å². The lowest BCUT2D eigenvalue weighted by atomic mass is 9.77. The van der Waals surface area contributed by atoms with Crippen molar-refractivity contribution in [1.29, 1.82) is 0 Å². The number of hydrogen-bond acceptors (Lipinski definition) is 7. The van der Waals surface area contributed by atoms with E-state index in [1.807, 2.05) is 22.7 Å². The number of aromatic nitrogens is 4. The van der Waals surface area contributed by atoms with Crippen molar-refractivity contribution in [2.24, 2.45) is 11.8 Å². The third kappa shape index (κ3) is 3.91. The molecule has 0 radical (unpaired) electrons. The average Bonchev–Trinajstić information content (AvgIpc) is 3.39. The minimum atomic E-state index is 0.000374. The van der Waals surface area contributed by atoms with Crippen LogP contribution in [0.5, 0.6) is 5.75 Å². The number of ether oxygens (including phenoxy) is 3. The summed E-state index contributed by atoms with van der Waals surface area (Å²) in [5.74, 6) is 1.32. The molecule has 2 aliphatic rings. The van der Waals surface area contributed by atoms with Gasteiger partial charge in [-0.25, -0.2) is 4.68 Å². The van der Waals surface area contributed by atoms with Crippen LogP contribution in [-0.2, 0) is 16.1 Å². The number of fused-ring (bicyclic) bond motifs is 1. The van der Waals surface area contributed by atoms with Crippen LogP contribution in [0.3, 0.4) is 0 Å². The Bertz CT molecular complexity index is 901. The summed E-state index contributed by atoms with van der Waals surface area (Å²) in [5, 5.41) is 8.50. The van der Waals surface area contributed by atoms with Gasteiger partial charge in [0.15, 0.2) is 0 Å². The van der Waals surface area contributed by atoms with Gasteiger partial charge in [0.05, 0.1) is 43.8 Å². The van der Waals surface area contributed by atoms with Gasteiger partial charge >= 0.3 is 0 Å². The maximum absolute atomic E-state index is 13.2. The molecule has 1 saturated heterocycles. The second kappa shape index (κ2) is 8.69. The van der Waals surface area contributed by atoms with Gasteiger partial charge in [0.2, 0.25) is 0 Å². The molecule has 0 bridgehead atoms. The summed E-state index contributed by atoms with van der Waals surface area (Å²) in [5.41, 5.74) is 2.18. The molecule has 2 aromatic heterocycles. The molecule has 9 heteroatoms. The molecule has 2 fully saturated rings. The zero-order valence-electron chi connectivity index (χ0n) is 17.9. The molecule has 0 N–H and O–H groups in total. The van der Waals surface area contributed by atoms with Gasteiger partial charge in [-0.2, -0.15) is 0 Å². The van der Waals surface area contributed by atoms with Crippen molar-refractivity contribution in [1.82, 2.24) is 24.9 Å². The molecule has 4 rings (SSSR count). The van der Waals surface area contributed by atoms with E-state index in [2.05, 4.69) is 15.3 Å². The van der Waals surface area contributed by atoms with Crippen molar-refractivity contribution in [2.45, 2.75) is 38.5 Å². The molecule has 0 unspecified atom stereocenters. The highest BCUT2D eigenvalue weighted by Gasteiger charge is 2.45. The molecule has 1 amide bonds. The standard InChI is InChI=1S/C21H29N5O4/c1-13-5-17(20(30-4)8-22-13)21(27)25-9-14-6-18(19(29-3)7-15(14)10-25)26-11-16(12-28-2)23-24-26/h5,8,11,14-15,18-19H,6-7,9-10,12H2,1-4H3/t14-,15+,18-,19-/m1/s1. The number of carbonyl (C=O) groups is 1. The van der Waals surface area contributed by atoms with Crippen LogP contribution in [0.4, 0.5) is 0 Å². The fraction of sp³-hybridized carbons (Fsp3) is 0.619. The summed E-state index contributed by atoms with van der Waals surface area (Å²) in [6, 6.07) is 1.90. The minimum Gasteiger partial charge on any atom is -0.494 e. The van der Waals surface area contributed by atoms with Crippen molar-refractivity contribution in [3.8, 4) is 5.75 Å². The van der Waals surface area contributed by atoms with Gasteiger partial charge < -0.3 is 19.1 Å². The molecule has 1 saturated carbocycles. The number of methoxy groups -OCH3 is 3. The van der Waals surface area contributed by atoms with E-state index < -0.39 is 0 Å². The molecule has 0 aromatic carbocycles. The van der Waals surface area contributed by atoms with Gasteiger partial charge in [-0.3, -0.25) is 9.78 Å². The molecule has 0 spiro atoms. The summed E-state index contributed by atoms with van der Waals surface area (Å²) in [6.45, 7) is 3.77. The highest BCUT2D eigenvalue weighted by atomic mass is 16.5. The number of carbonyl (C=O) groups excluding carboxylic acids is 1. The summed E-state index contributed by atoms with van der Waals surface area (Å²) < 4.78 is 18.2. The van der Waals surface area contributed by atoms with Crippen molar-refractivity contribution < 1.29 is 19.0 Å². The van der Waals surface area contributed by atoms with Crippen molar-refractivity contribution in [3.63, 3.8) is 0 Å². The number of aryl methyl sites for hydroxylation is 1. The summed E-state index contributed by atoms with van der Waals surface area (Å²) >= 11 is 0. The van der Waals surface area contributed by atoms with Gasteiger partial charge in [-0.05, 0) is 37.7 Å². The predicted octanol–water partition coefficient (Wildman–Crippen LogP) is 1.87. The van der Waals surface area contributed by atoms with E-state index in [0.717, 1.165) is 37.3 Å². The second-order valence-corrected chi connectivity index (χ2v) is 8.19. The van der Waals surface area contributed by atoms with E-state index >= 15 is 0 Å². The first-order valence-corrected chi connectivity index (χ1v) is 10.3. The average molecular weight is 415 g/mol. The Labute approximate surface area is 176 Å². The Morgan fingerprint density at radius 1 is 1.20 bits per heavy atom. The lowest BCUT2D eigenvalue weighted by molar-refractivity contribution is -0.00548. The SMILES string of the molecule is COCc1cn([C@@H]2C[C@@H]3CN(C(=O)c4cc(C)ncc4OC)C[C@@H]3C[C@H]2OC)nn1. The minimum absolute atomic E-state index is 0.000374. The van der Waals surface area contributed by atoms with Gasteiger partial charge in [0, 0.05) is 33.0 Å². The first-order valence-electron chi connectivity index (χ1n) is 10.3.